The summed E-state index contributed by atoms with van der Waals surface area (Å²) in [7, 11) is 0. The standard InChI is InChI=1S/C15H20N2O3/c1-2-17(12-6-4-3-5-7-12)13(18)10-16-14(15(19)20)11-8-9-11/h3-7,11,14,16H,2,8-10H2,1H3,(H,19,20). The summed E-state index contributed by atoms with van der Waals surface area (Å²) in [4.78, 5) is 25.0. The lowest BCUT2D eigenvalue weighted by Gasteiger charge is -2.22. The van der Waals surface area contributed by atoms with Crippen molar-refractivity contribution in [3.63, 3.8) is 0 Å². The van der Waals surface area contributed by atoms with Gasteiger partial charge in [-0.1, -0.05) is 18.2 Å². The van der Waals surface area contributed by atoms with Crippen LogP contribution in [-0.4, -0.2) is 36.1 Å². The molecular weight excluding hydrogens is 256 g/mol. The molecule has 1 unspecified atom stereocenters. The van der Waals surface area contributed by atoms with Crippen molar-refractivity contribution < 1.29 is 14.7 Å². The van der Waals surface area contributed by atoms with Crippen LogP contribution in [0.25, 0.3) is 0 Å². The van der Waals surface area contributed by atoms with Gasteiger partial charge in [-0.25, -0.2) is 0 Å². The maximum Gasteiger partial charge on any atom is 0.320 e. The highest BCUT2D eigenvalue weighted by molar-refractivity contribution is 5.95. The second-order valence-corrected chi connectivity index (χ2v) is 5.01. The van der Waals surface area contributed by atoms with Crippen LogP contribution < -0.4 is 10.2 Å². The van der Waals surface area contributed by atoms with E-state index in [2.05, 4.69) is 5.32 Å². The quantitative estimate of drug-likeness (QED) is 0.791. The molecule has 20 heavy (non-hydrogen) atoms. The van der Waals surface area contributed by atoms with Gasteiger partial charge >= 0.3 is 5.97 Å². The van der Waals surface area contributed by atoms with Crippen LogP contribution >= 0.6 is 0 Å². The predicted molar refractivity (Wildman–Crippen MR) is 76.6 cm³/mol. The number of carboxylic acid groups (broad SMARTS) is 1. The molecule has 2 rings (SSSR count). The Morgan fingerprint density at radius 1 is 1.35 bits per heavy atom. The Bertz CT molecular complexity index is 471. The van der Waals surface area contributed by atoms with Crippen molar-refractivity contribution in [2.24, 2.45) is 5.92 Å². The Labute approximate surface area is 118 Å². The first-order chi connectivity index (χ1) is 9.63. The Kier molecular flexibility index (Phi) is 4.74. The number of hydrogen-bond acceptors (Lipinski definition) is 3. The molecule has 5 nitrogen and oxygen atoms in total. The molecule has 1 amide bonds. The summed E-state index contributed by atoms with van der Waals surface area (Å²) in [5.41, 5.74) is 0.833. The van der Waals surface area contributed by atoms with Crippen molar-refractivity contribution in [3.8, 4) is 0 Å². The zero-order chi connectivity index (χ0) is 14.5. The minimum atomic E-state index is -0.872. The number of nitrogens with zero attached hydrogens (tertiary/aromatic N) is 1. The van der Waals surface area contributed by atoms with Crippen LogP contribution in [0.2, 0.25) is 0 Å². The number of para-hydroxylation sites is 1. The topological polar surface area (TPSA) is 69.6 Å². The van der Waals surface area contributed by atoms with Crippen molar-refractivity contribution in [1.29, 1.82) is 0 Å². The molecule has 1 saturated carbocycles. The predicted octanol–water partition coefficient (Wildman–Crippen LogP) is 1.49. The number of anilines is 1. The van der Waals surface area contributed by atoms with E-state index in [0.717, 1.165) is 18.5 Å². The molecule has 1 aliphatic carbocycles. The monoisotopic (exact) mass is 276 g/mol. The molecule has 0 bridgehead atoms. The molecule has 108 valence electrons. The van der Waals surface area contributed by atoms with Crippen LogP contribution in [0.4, 0.5) is 5.69 Å². The van der Waals surface area contributed by atoms with Crippen LogP contribution in [0.5, 0.6) is 0 Å². The third-order valence-electron chi connectivity index (χ3n) is 3.52. The Morgan fingerprint density at radius 3 is 2.50 bits per heavy atom. The van der Waals surface area contributed by atoms with E-state index in [1.165, 1.54) is 0 Å². The maximum atomic E-state index is 12.2. The number of likely N-dealkylation sites (N-methyl/N-ethyl adjacent to an activating group) is 1. The van der Waals surface area contributed by atoms with E-state index in [1.54, 1.807) is 4.90 Å². The number of carbonyl (C=O) groups is 2. The number of benzene rings is 1. The highest BCUT2D eigenvalue weighted by Crippen LogP contribution is 2.32. The highest BCUT2D eigenvalue weighted by atomic mass is 16.4. The summed E-state index contributed by atoms with van der Waals surface area (Å²) >= 11 is 0. The van der Waals surface area contributed by atoms with E-state index in [1.807, 2.05) is 37.3 Å². The fourth-order valence-electron chi connectivity index (χ4n) is 2.29. The minimum Gasteiger partial charge on any atom is -0.480 e. The van der Waals surface area contributed by atoms with Crippen LogP contribution in [0, 0.1) is 5.92 Å². The molecule has 0 radical (unpaired) electrons. The van der Waals surface area contributed by atoms with E-state index < -0.39 is 12.0 Å². The van der Waals surface area contributed by atoms with Gasteiger partial charge in [-0.15, -0.1) is 0 Å². The average molecular weight is 276 g/mol. The van der Waals surface area contributed by atoms with Gasteiger partial charge in [0, 0.05) is 12.2 Å². The Balaban J connectivity index is 1.94. The summed E-state index contributed by atoms with van der Waals surface area (Å²) in [5.74, 6) is -0.805. The number of hydrogen-bond donors (Lipinski definition) is 2. The summed E-state index contributed by atoms with van der Waals surface area (Å²) < 4.78 is 0. The number of aliphatic carboxylic acids is 1. The van der Waals surface area contributed by atoms with Gasteiger partial charge in [0.25, 0.3) is 0 Å². The fourth-order valence-corrected chi connectivity index (χ4v) is 2.29. The van der Waals surface area contributed by atoms with E-state index in [9.17, 15) is 9.59 Å². The van der Waals surface area contributed by atoms with Crippen molar-refractivity contribution in [1.82, 2.24) is 5.32 Å². The molecule has 0 aromatic heterocycles. The SMILES string of the molecule is CCN(C(=O)CNC(C(=O)O)C1CC1)c1ccccc1. The van der Waals surface area contributed by atoms with Crippen molar-refractivity contribution in [2.45, 2.75) is 25.8 Å². The zero-order valence-corrected chi connectivity index (χ0v) is 11.6. The van der Waals surface area contributed by atoms with E-state index in [4.69, 9.17) is 5.11 Å². The average Bonchev–Trinajstić information content (AvgIpc) is 3.25. The molecule has 1 aliphatic rings. The van der Waals surface area contributed by atoms with Gasteiger partial charge in [0.1, 0.15) is 6.04 Å². The fraction of sp³-hybridized carbons (Fsp3) is 0.467. The first-order valence-corrected chi connectivity index (χ1v) is 6.95. The van der Waals surface area contributed by atoms with E-state index in [-0.39, 0.29) is 18.4 Å². The van der Waals surface area contributed by atoms with Gasteiger partial charge in [-0.05, 0) is 37.8 Å². The van der Waals surface area contributed by atoms with E-state index >= 15 is 0 Å². The van der Waals surface area contributed by atoms with Gasteiger partial charge in [0.05, 0.1) is 6.54 Å². The first kappa shape index (κ1) is 14.5. The maximum absolute atomic E-state index is 12.2. The molecular formula is C15H20N2O3. The number of amides is 1. The Morgan fingerprint density at radius 2 is 2.00 bits per heavy atom. The van der Waals surface area contributed by atoms with Crippen LogP contribution in [0.3, 0.4) is 0 Å². The second kappa shape index (κ2) is 6.52. The van der Waals surface area contributed by atoms with Crippen LogP contribution in [-0.2, 0) is 9.59 Å². The third kappa shape index (κ3) is 3.57. The molecule has 0 spiro atoms. The molecule has 5 heteroatoms. The molecule has 0 heterocycles. The molecule has 1 atom stereocenters. The normalized spacial score (nSPS) is 15.7. The summed E-state index contributed by atoms with van der Waals surface area (Å²) in [6.45, 7) is 2.52. The lowest BCUT2D eigenvalue weighted by molar-refractivity contribution is -0.140. The highest BCUT2D eigenvalue weighted by Gasteiger charge is 2.36. The molecule has 2 N–H and O–H groups in total. The lowest BCUT2D eigenvalue weighted by Crippen LogP contribution is -2.45. The minimum absolute atomic E-state index is 0.0518. The Hall–Kier alpha value is -1.88. The summed E-state index contributed by atoms with van der Waals surface area (Å²) in [5, 5.41) is 12.0. The van der Waals surface area contributed by atoms with Gasteiger partial charge in [-0.3, -0.25) is 14.9 Å². The lowest BCUT2D eigenvalue weighted by atomic mass is 10.2. The third-order valence-corrected chi connectivity index (χ3v) is 3.52. The number of rotatable bonds is 7. The number of nitrogens with one attached hydrogen (secondary N) is 1. The van der Waals surface area contributed by atoms with Crippen LogP contribution in [0.15, 0.2) is 30.3 Å². The zero-order valence-electron chi connectivity index (χ0n) is 11.6. The second-order valence-electron chi connectivity index (χ2n) is 5.01. The van der Waals surface area contributed by atoms with Gasteiger partial charge < -0.3 is 10.0 Å². The van der Waals surface area contributed by atoms with Crippen molar-refractivity contribution in [3.05, 3.63) is 30.3 Å². The van der Waals surface area contributed by atoms with Crippen molar-refractivity contribution in [2.75, 3.05) is 18.0 Å². The first-order valence-electron chi connectivity index (χ1n) is 6.95. The molecule has 0 aliphatic heterocycles. The van der Waals surface area contributed by atoms with Crippen LogP contribution in [0.1, 0.15) is 19.8 Å². The smallest absolute Gasteiger partial charge is 0.320 e. The summed E-state index contributed by atoms with van der Waals surface area (Å²) in [6, 6.07) is 8.79. The molecule has 0 saturated heterocycles. The van der Waals surface area contributed by atoms with Gasteiger partial charge in [0.2, 0.25) is 5.91 Å². The number of carbonyl (C=O) groups excluding carboxylic acids is 1. The van der Waals surface area contributed by atoms with Gasteiger partial charge in [0.15, 0.2) is 0 Å². The molecule has 1 aromatic carbocycles. The van der Waals surface area contributed by atoms with Gasteiger partial charge in [-0.2, -0.15) is 0 Å². The van der Waals surface area contributed by atoms with Crippen molar-refractivity contribution >= 4 is 17.6 Å². The van der Waals surface area contributed by atoms with E-state index in [0.29, 0.717) is 6.54 Å². The summed E-state index contributed by atoms with van der Waals surface area (Å²) in [6.07, 6.45) is 1.85. The number of carboxylic acids is 1. The molecule has 1 fully saturated rings. The largest absolute Gasteiger partial charge is 0.480 e. The molecule has 1 aromatic rings.